The van der Waals surface area contributed by atoms with Gasteiger partial charge in [0.15, 0.2) is 5.65 Å². The van der Waals surface area contributed by atoms with Crippen LogP contribution in [0.5, 0.6) is 5.88 Å². The van der Waals surface area contributed by atoms with Crippen LogP contribution in [0.2, 0.25) is 0 Å². The molecule has 0 saturated carbocycles. The summed E-state index contributed by atoms with van der Waals surface area (Å²) in [6, 6.07) is 35.2. The molecule has 0 saturated heterocycles. The second kappa shape index (κ2) is 9.86. The number of halogens is 1. The van der Waals surface area contributed by atoms with Gasteiger partial charge in [-0.3, -0.25) is 0 Å². The van der Waals surface area contributed by atoms with Crippen molar-refractivity contribution in [3.63, 3.8) is 0 Å². The van der Waals surface area contributed by atoms with E-state index in [4.69, 9.17) is 14.8 Å². The van der Waals surface area contributed by atoms with Gasteiger partial charge in [0.25, 0.3) is 0 Å². The van der Waals surface area contributed by atoms with Crippen LogP contribution in [0.4, 0.5) is 4.39 Å². The van der Waals surface area contributed by atoms with E-state index in [1.54, 1.807) is 12.1 Å². The molecule has 6 nitrogen and oxygen atoms in total. The summed E-state index contributed by atoms with van der Waals surface area (Å²) in [5.41, 5.74) is 3.38. The van der Waals surface area contributed by atoms with Crippen LogP contribution in [-0.2, 0) is 5.54 Å². The summed E-state index contributed by atoms with van der Waals surface area (Å²) < 4.78 is 22.2. The fourth-order valence-corrected chi connectivity index (χ4v) is 5.03. The average molecular weight is 502 g/mol. The number of nitrogens with zero attached hydrogens (tertiary/aromatic N) is 5. The van der Waals surface area contributed by atoms with Gasteiger partial charge in [-0.25, -0.2) is 19.6 Å². The fraction of sp³-hybridized carbons (Fsp3) is 0.0968. The normalized spacial score (nSPS) is 11.5. The second-order valence-corrected chi connectivity index (χ2v) is 8.72. The van der Waals surface area contributed by atoms with E-state index >= 15 is 0 Å². The predicted octanol–water partition coefficient (Wildman–Crippen LogP) is 6.27. The van der Waals surface area contributed by atoms with Crippen molar-refractivity contribution < 1.29 is 9.13 Å². The highest BCUT2D eigenvalue weighted by molar-refractivity contribution is 5.94. The van der Waals surface area contributed by atoms with Gasteiger partial charge in [0.2, 0.25) is 11.8 Å². The molecule has 6 aromatic rings. The molecule has 0 atom stereocenters. The van der Waals surface area contributed by atoms with E-state index in [1.165, 1.54) is 12.4 Å². The van der Waals surface area contributed by atoms with Gasteiger partial charge in [-0.15, -0.1) is 0 Å². The van der Waals surface area contributed by atoms with E-state index in [9.17, 15) is 4.39 Å². The van der Waals surface area contributed by atoms with E-state index < -0.39 is 11.5 Å². The Hall–Kier alpha value is -4.91. The Morgan fingerprint density at radius 2 is 1.32 bits per heavy atom. The Labute approximate surface area is 219 Å². The summed E-state index contributed by atoms with van der Waals surface area (Å²) in [6.45, 7) is 2.29. The van der Waals surface area contributed by atoms with Gasteiger partial charge in [-0.1, -0.05) is 97.1 Å². The van der Waals surface area contributed by atoms with E-state index in [1.807, 2.05) is 66.2 Å². The van der Waals surface area contributed by atoms with Crippen LogP contribution < -0.4 is 4.74 Å². The maximum atomic E-state index is 14.3. The third-order valence-corrected chi connectivity index (χ3v) is 6.56. The molecule has 6 rings (SSSR count). The van der Waals surface area contributed by atoms with Gasteiger partial charge < -0.3 is 4.74 Å². The number of rotatable bonds is 7. The van der Waals surface area contributed by atoms with Crippen molar-refractivity contribution in [1.82, 2.24) is 24.7 Å². The number of hydrogen-bond acceptors (Lipinski definition) is 5. The lowest BCUT2D eigenvalue weighted by Gasteiger charge is -2.36. The SMILES string of the molecule is CCOc1ncnc2c1c(-c1cccc(F)n1)nn2C(c1ccccc1)(c1ccccc1)c1ccccc1. The van der Waals surface area contributed by atoms with E-state index in [2.05, 4.69) is 46.4 Å². The molecule has 0 bridgehead atoms. The van der Waals surface area contributed by atoms with Crippen molar-refractivity contribution in [1.29, 1.82) is 0 Å². The van der Waals surface area contributed by atoms with Crippen molar-refractivity contribution in [2.45, 2.75) is 12.5 Å². The van der Waals surface area contributed by atoms with Crippen molar-refractivity contribution in [2.75, 3.05) is 6.61 Å². The van der Waals surface area contributed by atoms with Crippen LogP contribution in [0, 0.1) is 5.95 Å². The number of fused-ring (bicyclic) bond motifs is 1. The van der Waals surface area contributed by atoms with Gasteiger partial charge in [0, 0.05) is 0 Å². The second-order valence-electron chi connectivity index (χ2n) is 8.72. The summed E-state index contributed by atoms with van der Waals surface area (Å²) in [5.74, 6) is -0.228. The van der Waals surface area contributed by atoms with Gasteiger partial charge in [0.05, 0.1) is 12.3 Å². The lowest BCUT2D eigenvalue weighted by Crippen LogP contribution is -2.38. The molecule has 0 N–H and O–H groups in total. The Morgan fingerprint density at radius 1 is 0.737 bits per heavy atom. The van der Waals surface area contributed by atoms with Crippen LogP contribution in [0.15, 0.2) is 116 Å². The molecular formula is C31H24FN5O. The minimum atomic E-state index is -0.925. The largest absolute Gasteiger partial charge is 0.477 e. The smallest absolute Gasteiger partial charge is 0.228 e. The molecule has 3 aromatic carbocycles. The minimum Gasteiger partial charge on any atom is -0.477 e. The van der Waals surface area contributed by atoms with Crippen LogP contribution in [0.1, 0.15) is 23.6 Å². The monoisotopic (exact) mass is 501 g/mol. The highest BCUT2D eigenvalue weighted by Gasteiger charge is 2.42. The minimum absolute atomic E-state index is 0.368. The number of aromatic nitrogens is 5. The first kappa shape index (κ1) is 23.5. The maximum Gasteiger partial charge on any atom is 0.228 e. The highest BCUT2D eigenvalue weighted by atomic mass is 19.1. The Balaban J connectivity index is 1.81. The number of ether oxygens (including phenoxy) is 1. The molecule has 3 heterocycles. The van der Waals surface area contributed by atoms with Crippen molar-refractivity contribution in [2.24, 2.45) is 0 Å². The topological polar surface area (TPSA) is 65.7 Å². The lowest BCUT2D eigenvalue weighted by molar-refractivity contribution is 0.331. The van der Waals surface area contributed by atoms with Crippen molar-refractivity contribution >= 4 is 11.0 Å². The third kappa shape index (κ3) is 3.80. The number of hydrogen-bond donors (Lipinski definition) is 0. The summed E-state index contributed by atoms with van der Waals surface area (Å²) in [6.07, 6.45) is 1.47. The number of pyridine rings is 1. The standard InChI is InChI=1S/C31H24FN5O/c1-2-38-30-27-28(25-19-12-20-26(32)35-25)36-37(29(27)33-21-34-30)31(22-13-6-3-7-14-22,23-15-8-4-9-16-23)24-17-10-5-11-18-24/h3-21H,2H2,1H3. The molecule has 0 aliphatic carbocycles. The molecule has 0 spiro atoms. The van der Waals surface area contributed by atoms with Crippen molar-refractivity contribution in [3.8, 4) is 17.3 Å². The summed E-state index contributed by atoms with van der Waals surface area (Å²) >= 11 is 0. The first-order chi connectivity index (χ1) is 18.7. The first-order valence-electron chi connectivity index (χ1n) is 12.4. The average Bonchev–Trinajstić information content (AvgIpc) is 3.36. The number of benzene rings is 3. The fourth-order valence-electron chi connectivity index (χ4n) is 5.03. The quantitative estimate of drug-likeness (QED) is 0.191. The zero-order valence-corrected chi connectivity index (χ0v) is 20.7. The van der Waals surface area contributed by atoms with Crippen LogP contribution in [-0.4, -0.2) is 31.3 Å². The van der Waals surface area contributed by atoms with Gasteiger partial charge in [-0.05, 0) is 35.7 Å². The molecule has 0 unspecified atom stereocenters. The van der Waals surface area contributed by atoms with Crippen molar-refractivity contribution in [3.05, 3.63) is 138 Å². The molecule has 0 fully saturated rings. The molecule has 0 amide bonds. The zero-order valence-electron chi connectivity index (χ0n) is 20.7. The maximum absolute atomic E-state index is 14.3. The predicted molar refractivity (Wildman–Crippen MR) is 144 cm³/mol. The van der Waals surface area contributed by atoms with E-state index in [0.29, 0.717) is 34.9 Å². The molecule has 0 aliphatic rings. The van der Waals surface area contributed by atoms with E-state index in [-0.39, 0.29) is 0 Å². The van der Waals surface area contributed by atoms with E-state index in [0.717, 1.165) is 16.7 Å². The molecule has 7 heteroatoms. The Kier molecular flexibility index (Phi) is 6.09. The molecule has 0 aliphatic heterocycles. The summed E-state index contributed by atoms with van der Waals surface area (Å²) in [7, 11) is 0. The summed E-state index contributed by atoms with van der Waals surface area (Å²) in [4.78, 5) is 13.3. The van der Waals surface area contributed by atoms with Gasteiger partial charge in [0.1, 0.15) is 22.9 Å². The molecule has 0 radical (unpaired) electrons. The van der Waals surface area contributed by atoms with Crippen LogP contribution in [0.25, 0.3) is 22.4 Å². The Morgan fingerprint density at radius 3 is 1.84 bits per heavy atom. The molecule has 186 valence electrons. The van der Waals surface area contributed by atoms with Crippen LogP contribution >= 0.6 is 0 Å². The first-order valence-corrected chi connectivity index (χ1v) is 12.4. The lowest BCUT2D eigenvalue weighted by atomic mass is 9.77. The molecule has 3 aromatic heterocycles. The molecular weight excluding hydrogens is 477 g/mol. The van der Waals surface area contributed by atoms with Crippen LogP contribution in [0.3, 0.4) is 0 Å². The van der Waals surface area contributed by atoms with Gasteiger partial charge in [-0.2, -0.15) is 9.49 Å². The Bertz CT molecular complexity index is 1590. The highest BCUT2D eigenvalue weighted by Crippen LogP contribution is 2.44. The zero-order chi connectivity index (χ0) is 26.0. The molecule has 38 heavy (non-hydrogen) atoms. The van der Waals surface area contributed by atoms with Gasteiger partial charge >= 0.3 is 0 Å². The summed E-state index contributed by atoms with van der Waals surface area (Å²) in [5, 5.41) is 5.72. The third-order valence-electron chi connectivity index (χ3n) is 6.56.